The number of hydrogen-bond donors (Lipinski definition) is 2. The van der Waals surface area contributed by atoms with E-state index in [0.29, 0.717) is 11.3 Å². The average molecular weight is 241 g/mol. The summed E-state index contributed by atoms with van der Waals surface area (Å²) in [5, 5.41) is 8.66. The first-order chi connectivity index (χ1) is 7.69. The van der Waals surface area contributed by atoms with Crippen molar-refractivity contribution in [3.63, 3.8) is 0 Å². The maximum absolute atomic E-state index is 11.4. The van der Waals surface area contributed by atoms with E-state index in [1.807, 2.05) is 6.07 Å². The van der Waals surface area contributed by atoms with E-state index in [1.54, 1.807) is 23.9 Å². The van der Waals surface area contributed by atoms with Gasteiger partial charge >= 0.3 is 5.97 Å². The highest BCUT2D eigenvalue weighted by Crippen LogP contribution is 2.23. The third-order valence-electron chi connectivity index (χ3n) is 2.00. The summed E-state index contributed by atoms with van der Waals surface area (Å²) in [6.45, 7) is 0.172. The lowest BCUT2D eigenvalue weighted by Crippen LogP contribution is -2.05. The highest BCUT2D eigenvalue weighted by Gasteiger charge is 2.10. The van der Waals surface area contributed by atoms with E-state index < -0.39 is 5.97 Å². The molecule has 0 aliphatic heterocycles. The van der Waals surface area contributed by atoms with Crippen molar-refractivity contribution in [2.24, 2.45) is 0 Å². The zero-order chi connectivity index (χ0) is 12.0. The third-order valence-corrected chi connectivity index (χ3v) is 3.08. The standard InChI is InChI=1S/C11H15NO3S/c1-15-11(14)9-7-8(3-4-10(9)12)16-6-2-5-13/h3-4,7,13H,2,5-6,12H2,1H3. The molecule has 1 rings (SSSR count). The first-order valence-corrected chi connectivity index (χ1v) is 5.89. The Kier molecular flexibility index (Phi) is 5.14. The predicted molar refractivity (Wildman–Crippen MR) is 64.6 cm³/mol. The van der Waals surface area contributed by atoms with E-state index in [-0.39, 0.29) is 6.61 Å². The molecule has 0 aliphatic carbocycles. The maximum Gasteiger partial charge on any atom is 0.339 e. The van der Waals surface area contributed by atoms with Gasteiger partial charge in [-0.25, -0.2) is 4.79 Å². The number of anilines is 1. The van der Waals surface area contributed by atoms with E-state index in [9.17, 15) is 4.79 Å². The molecule has 0 radical (unpaired) electrons. The number of esters is 1. The highest BCUT2D eigenvalue weighted by atomic mass is 32.2. The van der Waals surface area contributed by atoms with Crippen molar-refractivity contribution < 1.29 is 14.6 Å². The molecular weight excluding hydrogens is 226 g/mol. The Bertz CT molecular complexity index is 368. The fourth-order valence-corrected chi connectivity index (χ4v) is 2.04. The summed E-state index contributed by atoms with van der Waals surface area (Å²) in [6, 6.07) is 5.25. The number of thioether (sulfide) groups is 1. The largest absolute Gasteiger partial charge is 0.465 e. The van der Waals surface area contributed by atoms with Crippen LogP contribution in [0.15, 0.2) is 23.1 Å². The van der Waals surface area contributed by atoms with Gasteiger partial charge in [-0.1, -0.05) is 0 Å². The molecule has 1 aromatic carbocycles. The molecule has 4 nitrogen and oxygen atoms in total. The molecule has 3 N–H and O–H groups in total. The summed E-state index contributed by atoms with van der Waals surface area (Å²) >= 11 is 1.57. The highest BCUT2D eigenvalue weighted by molar-refractivity contribution is 7.99. The second kappa shape index (κ2) is 6.40. The molecule has 0 aliphatic rings. The number of nitrogen functional groups attached to an aromatic ring is 1. The summed E-state index contributed by atoms with van der Waals surface area (Å²) in [7, 11) is 1.33. The van der Waals surface area contributed by atoms with Gasteiger partial charge in [0.05, 0.1) is 12.7 Å². The van der Waals surface area contributed by atoms with Crippen LogP contribution in [0.5, 0.6) is 0 Å². The van der Waals surface area contributed by atoms with Crippen LogP contribution < -0.4 is 5.73 Å². The Labute approximate surface area is 98.8 Å². The van der Waals surface area contributed by atoms with Gasteiger partial charge in [0.15, 0.2) is 0 Å². The van der Waals surface area contributed by atoms with E-state index in [1.165, 1.54) is 7.11 Å². The van der Waals surface area contributed by atoms with Crippen LogP contribution in [0.25, 0.3) is 0 Å². The van der Waals surface area contributed by atoms with Gasteiger partial charge in [0.25, 0.3) is 0 Å². The number of benzene rings is 1. The molecule has 16 heavy (non-hydrogen) atoms. The van der Waals surface area contributed by atoms with E-state index in [2.05, 4.69) is 4.74 Å². The number of aliphatic hydroxyl groups is 1. The zero-order valence-electron chi connectivity index (χ0n) is 9.10. The second-order valence-electron chi connectivity index (χ2n) is 3.17. The van der Waals surface area contributed by atoms with Gasteiger partial charge in [-0.05, 0) is 24.6 Å². The number of aliphatic hydroxyl groups excluding tert-OH is 1. The van der Waals surface area contributed by atoms with Crippen LogP contribution in [-0.2, 0) is 4.74 Å². The minimum Gasteiger partial charge on any atom is -0.465 e. The topological polar surface area (TPSA) is 72.5 Å². The van der Waals surface area contributed by atoms with Gasteiger partial charge in [0.1, 0.15) is 0 Å². The van der Waals surface area contributed by atoms with Crippen LogP contribution in [0.2, 0.25) is 0 Å². The number of carbonyl (C=O) groups excluding carboxylic acids is 1. The van der Waals surface area contributed by atoms with Gasteiger partial charge in [-0.3, -0.25) is 0 Å². The van der Waals surface area contributed by atoms with Crippen LogP contribution in [0.4, 0.5) is 5.69 Å². The normalized spacial score (nSPS) is 10.1. The zero-order valence-corrected chi connectivity index (χ0v) is 9.92. The maximum atomic E-state index is 11.4. The Balaban J connectivity index is 2.77. The number of carbonyl (C=O) groups is 1. The molecule has 0 saturated carbocycles. The van der Waals surface area contributed by atoms with Gasteiger partial charge in [-0.2, -0.15) is 0 Å². The first-order valence-electron chi connectivity index (χ1n) is 4.90. The van der Waals surface area contributed by atoms with Crippen molar-refractivity contribution in [3.8, 4) is 0 Å². The second-order valence-corrected chi connectivity index (χ2v) is 4.33. The molecule has 0 heterocycles. The molecule has 0 spiro atoms. The Hall–Kier alpha value is -1.20. The fraction of sp³-hybridized carbons (Fsp3) is 0.364. The molecule has 0 unspecified atom stereocenters. The van der Waals surface area contributed by atoms with Gasteiger partial charge in [0.2, 0.25) is 0 Å². The van der Waals surface area contributed by atoms with Crippen LogP contribution >= 0.6 is 11.8 Å². The fourth-order valence-electron chi connectivity index (χ4n) is 1.17. The smallest absolute Gasteiger partial charge is 0.339 e. The minimum absolute atomic E-state index is 0.172. The monoisotopic (exact) mass is 241 g/mol. The summed E-state index contributed by atoms with van der Waals surface area (Å²) in [5.74, 6) is 0.378. The van der Waals surface area contributed by atoms with Gasteiger partial charge in [-0.15, -0.1) is 11.8 Å². The Morgan fingerprint density at radius 2 is 2.31 bits per heavy atom. The van der Waals surface area contributed by atoms with Gasteiger partial charge < -0.3 is 15.6 Å². The number of hydrogen-bond acceptors (Lipinski definition) is 5. The number of nitrogens with two attached hydrogens (primary N) is 1. The molecule has 0 atom stereocenters. The summed E-state index contributed by atoms with van der Waals surface area (Å²) in [4.78, 5) is 12.3. The third kappa shape index (κ3) is 3.43. The molecule has 0 amide bonds. The average Bonchev–Trinajstić information content (AvgIpc) is 2.30. The molecule has 0 saturated heterocycles. The van der Waals surface area contributed by atoms with Crippen LogP contribution in [-0.4, -0.2) is 30.5 Å². The molecule has 0 aromatic heterocycles. The van der Waals surface area contributed by atoms with E-state index in [0.717, 1.165) is 17.1 Å². The summed E-state index contributed by atoms with van der Waals surface area (Å²) in [5.41, 5.74) is 6.47. The summed E-state index contributed by atoms with van der Waals surface area (Å²) < 4.78 is 4.63. The lowest BCUT2D eigenvalue weighted by Gasteiger charge is -2.06. The molecule has 0 bridgehead atoms. The molecule has 0 fully saturated rings. The van der Waals surface area contributed by atoms with Crippen LogP contribution in [0, 0.1) is 0 Å². The van der Waals surface area contributed by atoms with Crippen molar-refractivity contribution in [1.29, 1.82) is 0 Å². The van der Waals surface area contributed by atoms with E-state index in [4.69, 9.17) is 10.8 Å². The van der Waals surface area contributed by atoms with Crippen molar-refractivity contribution in [2.75, 3.05) is 25.2 Å². The van der Waals surface area contributed by atoms with Crippen LogP contribution in [0.3, 0.4) is 0 Å². The Morgan fingerprint density at radius 1 is 1.56 bits per heavy atom. The number of rotatable bonds is 5. The van der Waals surface area contributed by atoms with Crippen molar-refractivity contribution in [2.45, 2.75) is 11.3 Å². The summed E-state index contributed by atoms with van der Waals surface area (Å²) in [6.07, 6.45) is 0.725. The van der Waals surface area contributed by atoms with Crippen molar-refractivity contribution >= 4 is 23.4 Å². The van der Waals surface area contributed by atoms with Crippen LogP contribution in [0.1, 0.15) is 16.8 Å². The molecular formula is C11H15NO3S. The predicted octanol–water partition coefficient (Wildman–Crippen LogP) is 1.53. The van der Waals surface area contributed by atoms with E-state index >= 15 is 0 Å². The SMILES string of the molecule is COC(=O)c1cc(SCCCO)ccc1N. The first kappa shape index (κ1) is 12.9. The molecule has 5 heteroatoms. The number of ether oxygens (including phenoxy) is 1. The van der Waals surface area contributed by atoms with Crippen molar-refractivity contribution in [3.05, 3.63) is 23.8 Å². The van der Waals surface area contributed by atoms with Crippen molar-refractivity contribution in [1.82, 2.24) is 0 Å². The van der Waals surface area contributed by atoms with Gasteiger partial charge in [0, 0.05) is 22.9 Å². The quantitative estimate of drug-likeness (QED) is 0.354. The molecule has 88 valence electrons. The lowest BCUT2D eigenvalue weighted by atomic mass is 10.2. The number of methoxy groups -OCH3 is 1. The molecule has 1 aromatic rings. The lowest BCUT2D eigenvalue weighted by molar-refractivity contribution is 0.0601. The Morgan fingerprint density at radius 3 is 2.94 bits per heavy atom. The minimum atomic E-state index is -0.429.